The SMILES string of the molecule is Cc1cccc(Cl)c1NCc1cc[nH]c1. The zero-order valence-electron chi connectivity index (χ0n) is 8.55. The first-order valence-corrected chi connectivity index (χ1v) is 5.26. The second-order valence-corrected chi connectivity index (χ2v) is 3.91. The highest BCUT2D eigenvalue weighted by Gasteiger charge is 2.02. The largest absolute Gasteiger partial charge is 0.379 e. The van der Waals surface area contributed by atoms with E-state index in [1.165, 1.54) is 5.56 Å². The summed E-state index contributed by atoms with van der Waals surface area (Å²) in [7, 11) is 0. The number of H-pyrrole nitrogens is 1. The second kappa shape index (κ2) is 4.41. The molecule has 0 saturated heterocycles. The van der Waals surface area contributed by atoms with Crippen molar-refractivity contribution in [2.75, 3.05) is 5.32 Å². The Morgan fingerprint density at radius 3 is 2.87 bits per heavy atom. The van der Waals surface area contributed by atoms with Gasteiger partial charge in [0.15, 0.2) is 0 Å². The number of hydrogen-bond donors (Lipinski definition) is 2. The molecule has 78 valence electrons. The van der Waals surface area contributed by atoms with Crippen molar-refractivity contribution in [3.05, 3.63) is 52.8 Å². The molecule has 0 radical (unpaired) electrons. The van der Waals surface area contributed by atoms with Crippen molar-refractivity contribution < 1.29 is 0 Å². The van der Waals surface area contributed by atoms with E-state index in [9.17, 15) is 0 Å². The maximum atomic E-state index is 6.10. The van der Waals surface area contributed by atoms with Gasteiger partial charge >= 0.3 is 0 Å². The third kappa shape index (κ3) is 2.34. The quantitative estimate of drug-likeness (QED) is 0.813. The molecule has 0 saturated carbocycles. The molecule has 2 nitrogen and oxygen atoms in total. The highest BCUT2D eigenvalue weighted by Crippen LogP contribution is 2.25. The molecule has 0 bridgehead atoms. The van der Waals surface area contributed by atoms with Gasteiger partial charge in [-0.25, -0.2) is 0 Å². The standard InChI is InChI=1S/C12H13ClN2/c1-9-3-2-4-11(13)12(9)15-8-10-5-6-14-7-10/h2-7,14-15H,8H2,1H3. The van der Waals surface area contributed by atoms with Crippen LogP contribution < -0.4 is 5.32 Å². The summed E-state index contributed by atoms with van der Waals surface area (Å²) in [4.78, 5) is 3.02. The van der Waals surface area contributed by atoms with Crippen LogP contribution in [0.4, 0.5) is 5.69 Å². The smallest absolute Gasteiger partial charge is 0.0640 e. The number of aromatic nitrogens is 1. The third-order valence-electron chi connectivity index (χ3n) is 2.35. The predicted molar refractivity (Wildman–Crippen MR) is 64.3 cm³/mol. The molecule has 2 rings (SSSR count). The highest BCUT2D eigenvalue weighted by atomic mass is 35.5. The summed E-state index contributed by atoms with van der Waals surface area (Å²) in [6.07, 6.45) is 3.88. The molecule has 0 aliphatic rings. The fourth-order valence-electron chi connectivity index (χ4n) is 1.51. The molecule has 2 aromatic rings. The van der Waals surface area contributed by atoms with E-state index >= 15 is 0 Å². The first-order valence-electron chi connectivity index (χ1n) is 4.88. The molecule has 1 aromatic carbocycles. The van der Waals surface area contributed by atoms with Crippen LogP contribution in [0.3, 0.4) is 0 Å². The van der Waals surface area contributed by atoms with Crippen LogP contribution >= 0.6 is 11.6 Å². The number of anilines is 1. The predicted octanol–water partition coefficient (Wildman–Crippen LogP) is 3.59. The molecule has 2 N–H and O–H groups in total. The number of aromatic amines is 1. The Balaban J connectivity index is 2.11. The van der Waals surface area contributed by atoms with Crippen molar-refractivity contribution in [1.82, 2.24) is 4.98 Å². The maximum absolute atomic E-state index is 6.10. The number of para-hydroxylation sites is 1. The molecule has 0 atom stereocenters. The van der Waals surface area contributed by atoms with Crippen molar-refractivity contribution in [1.29, 1.82) is 0 Å². The van der Waals surface area contributed by atoms with E-state index in [1.807, 2.05) is 43.6 Å². The molecular weight excluding hydrogens is 208 g/mol. The molecule has 0 aliphatic carbocycles. The summed E-state index contributed by atoms with van der Waals surface area (Å²) in [6.45, 7) is 2.83. The van der Waals surface area contributed by atoms with E-state index in [1.54, 1.807) is 0 Å². The van der Waals surface area contributed by atoms with E-state index in [-0.39, 0.29) is 0 Å². The van der Waals surface area contributed by atoms with E-state index in [0.717, 1.165) is 22.8 Å². The lowest BCUT2D eigenvalue weighted by molar-refractivity contribution is 1.14. The fourth-order valence-corrected chi connectivity index (χ4v) is 1.80. The first kappa shape index (κ1) is 10.1. The summed E-state index contributed by atoms with van der Waals surface area (Å²) in [5, 5.41) is 4.10. The third-order valence-corrected chi connectivity index (χ3v) is 2.67. The Bertz CT molecular complexity index is 415. The highest BCUT2D eigenvalue weighted by molar-refractivity contribution is 6.33. The van der Waals surface area contributed by atoms with Gasteiger partial charge in [0, 0.05) is 18.9 Å². The van der Waals surface area contributed by atoms with Gasteiger partial charge in [0.05, 0.1) is 10.7 Å². The molecule has 15 heavy (non-hydrogen) atoms. The van der Waals surface area contributed by atoms with Gasteiger partial charge in [-0.2, -0.15) is 0 Å². The van der Waals surface area contributed by atoms with Crippen LogP contribution in [-0.2, 0) is 6.54 Å². The Morgan fingerprint density at radius 2 is 2.20 bits per heavy atom. The molecular formula is C12H13ClN2. The van der Waals surface area contributed by atoms with Gasteiger partial charge in [-0.15, -0.1) is 0 Å². The Morgan fingerprint density at radius 1 is 1.33 bits per heavy atom. The molecule has 1 aromatic heterocycles. The van der Waals surface area contributed by atoms with Crippen LogP contribution in [0.15, 0.2) is 36.7 Å². The summed E-state index contributed by atoms with van der Waals surface area (Å²) < 4.78 is 0. The summed E-state index contributed by atoms with van der Waals surface area (Å²) in [5.41, 5.74) is 3.40. The monoisotopic (exact) mass is 220 g/mol. The lowest BCUT2D eigenvalue weighted by atomic mass is 10.2. The minimum absolute atomic E-state index is 0.769. The van der Waals surface area contributed by atoms with E-state index in [2.05, 4.69) is 10.3 Å². The minimum atomic E-state index is 0.769. The number of nitrogens with one attached hydrogen (secondary N) is 2. The molecule has 0 unspecified atom stereocenters. The van der Waals surface area contributed by atoms with E-state index in [0.29, 0.717) is 0 Å². The van der Waals surface area contributed by atoms with Crippen LogP contribution in [-0.4, -0.2) is 4.98 Å². The Labute approximate surface area is 94.3 Å². The van der Waals surface area contributed by atoms with Gasteiger partial charge in [-0.1, -0.05) is 23.7 Å². The number of hydrogen-bond acceptors (Lipinski definition) is 1. The van der Waals surface area contributed by atoms with Gasteiger partial charge in [0.25, 0.3) is 0 Å². The number of aryl methyl sites for hydroxylation is 1. The normalized spacial score (nSPS) is 10.3. The minimum Gasteiger partial charge on any atom is -0.379 e. The topological polar surface area (TPSA) is 27.8 Å². The maximum Gasteiger partial charge on any atom is 0.0640 e. The van der Waals surface area contributed by atoms with Crippen molar-refractivity contribution >= 4 is 17.3 Å². The van der Waals surface area contributed by atoms with Crippen LogP contribution in [0, 0.1) is 6.92 Å². The molecule has 0 amide bonds. The van der Waals surface area contributed by atoms with E-state index in [4.69, 9.17) is 11.6 Å². The summed E-state index contributed by atoms with van der Waals surface area (Å²) in [6, 6.07) is 7.94. The van der Waals surface area contributed by atoms with Gasteiger partial charge in [-0.05, 0) is 30.2 Å². The lowest BCUT2D eigenvalue weighted by Gasteiger charge is -2.10. The molecule has 3 heteroatoms. The van der Waals surface area contributed by atoms with Crippen molar-refractivity contribution in [3.63, 3.8) is 0 Å². The van der Waals surface area contributed by atoms with Gasteiger partial charge in [-0.3, -0.25) is 0 Å². The number of rotatable bonds is 3. The van der Waals surface area contributed by atoms with Crippen LogP contribution in [0.2, 0.25) is 5.02 Å². The van der Waals surface area contributed by atoms with Crippen LogP contribution in [0.5, 0.6) is 0 Å². The van der Waals surface area contributed by atoms with E-state index < -0.39 is 0 Å². The van der Waals surface area contributed by atoms with Crippen molar-refractivity contribution in [2.24, 2.45) is 0 Å². The van der Waals surface area contributed by atoms with Crippen molar-refractivity contribution in [2.45, 2.75) is 13.5 Å². The zero-order chi connectivity index (χ0) is 10.7. The summed E-state index contributed by atoms with van der Waals surface area (Å²) in [5.74, 6) is 0. The van der Waals surface area contributed by atoms with Crippen molar-refractivity contribution in [3.8, 4) is 0 Å². The van der Waals surface area contributed by atoms with Gasteiger partial charge < -0.3 is 10.3 Å². The first-order chi connectivity index (χ1) is 7.27. The molecule has 0 aliphatic heterocycles. The van der Waals surface area contributed by atoms with Gasteiger partial charge in [0.1, 0.15) is 0 Å². The molecule has 0 fully saturated rings. The number of halogens is 1. The molecule has 1 heterocycles. The average Bonchev–Trinajstić information content (AvgIpc) is 2.70. The lowest BCUT2D eigenvalue weighted by Crippen LogP contribution is -2.00. The Hall–Kier alpha value is -1.41. The van der Waals surface area contributed by atoms with Crippen LogP contribution in [0.1, 0.15) is 11.1 Å². The number of benzene rings is 1. The second-order valence-electron chi connectivity index (χ2n) is 3.50. The molecule has 0 spiro atoms. The average molecular weight is 221 g/mol. The van der Waals surface area contributed by atoms with Gasteiger partial charge in [0.2, 0.25) is 0 Å². The fraction of sp³-hybridized carbons (Fsp3) is 0.167. The zero-order valence-corrected chi connectivity index (χ0v) is 9.31. The van der Waals surface area contributed by atoms with Crippen LogP contribution in [0.25, 0.3) is 0 Å². The Kier molecular flexibility index (Phi) is 2.97. The summed E-state index contributed by atoms with van der Waals surface area (Å²) >= 11 is 6.10.